The van der Waals surface area contributed by atoms with Crippen molar-refractivity contribution in [3.63, 3.8) is 0 Å². The van der Waals surface area contributed by atoms with E-state index in [1.807, 2.05) is 37.3 Å². The largest absolute Gasteiger partial charge is 0.382 e. The van der Waals surface area contributed by atoms with Gasteiger partial charge in [-0.05, 0) is 25.3 Å². The number of carbonyl (C=O) groups is 1. The number of ether oxygens (including phenoxy) is 2. The highest BCUT2D eigenvalue weighted by Gasteiger charge is 2.32. The molecular formula is C16H23NO3. The summed E-state index contributed by atoms with van der Waals surface area (Å²) < 4.78 is 10.6. The van der Waals surface area contributed by atoms with Crippen molar-refractivity contribution in [2.45, 2.75) is 25.3 Å². The van der Waals surface area contributed by atoms with Crippen molar-refractivity contribution in [2.24, 2.45) is 5.92 Å². The molecule has 1 unspecified atom stereocenters. The normalized spacial score (nSPS) is 19.3. The zero-order valence-corrected chi connectivity index (χ0v) is 12.2. The summed E-state index contributed by atoms with van der Waals surface area (Å²) in [5.74, 6) is 0.139. The van der Waals surface area contributed by atoms with Gasteiger partial charge in [0.05, 0.1) is 12.1 Å². The van der Waals surface area contributed by atoms with E-state index >= 15 is 0 Å². The standard InChI is InChI=1S/C16H23NO3/c1-16(12-19-2,14-6-4-3-5-7-14)17-15(18)13-8-10-20-11-9-13/h3-7,13H,8-12H2,1-2H3,(H,17,18). The number of hydrogen-bond donors (Lipinski definition) is 1. The number of rotatable bonds is 5. The molecule has 0 spiro atoms. The average molecular weight is 277 g/mol. The van der Waals surface area contributed by atoms with Crippen molar-refractivity contribution in [1.29, 1.82) is 0 Å². The maximum Gasteiger partial charge on any atom is 0.224 e. The molecule has 1 atom stereocenters. The molecule has 1 fully saturated rings. The minimum atomic E-state index is -0.495. The molecule has 110 valence electrons. The Kier molecular flexibility index (Phi) is 5.15. The van der Waals surface area contributed by atoms with Crippen LogP contribution in [0, 0.1) is 5.92 Å². The Hall–Kier alpha value is -1.39. The fourth-order valence-electron chi connectivity index (χ4n) is 2.62. The molecule has 1 N–H and O–H groups in total. The topological polar surface area (TPSA) is 47.6 Å². The number of carbonyl (C=O) groups excluding carboxylic acids is 1. The minimum Gasteiger partial charge on any atom is -0.382 e. The first-order valence-electron chi connectivity index (χ1n) is 7.10. The first-order valence-corrected chi connectivity index (χ1v) is 7.10. The molecule has 1 aromatic carbocycles. The highest BCUT2D eigenvalue weighted by Crippen LogP contribution is 2.23. The maximum atomic E-state index is 12.4. The lowest BCUT2D eigenvalue weighted by Gasteiger charge is -2.33. The zero-order chi connectivity index (χ0) is 14.4. The van der Waals surface area contributed by atoms with Gasteiger partial charge in [-0.1, -0.05) is 30.3 Å². The summed E-state index contributed by atoms with van der Waals surface area (Å²) in [6.45, 7) is 3.80. The minimum absolute atomic E-state index is 0.0450. The molecule has 1 amide bonds. The monoisotopic (exact) mass is 277 g/mol. The Morgan fingerprint density at radius 1 is 1.35 bits per heavy atom. The van der Waals surface area contributed by atoms with Crippen LogP contribution in [0.3, 0.4) is 0 Å². The van der Waals surface area contributed by atoms with E-state index in [4.69, 9.17) is 9.47 Å². The van der Waals surface area contributed by atoms with Gasteiger partial charge in [-0.15, -0.1) is 0 Å². The van der Waals surface area contributed by atoms with E-state index in [0.29, 0.717) is 19.8 Å². The summed E-state index contributed by atoms with van der Waals surface area (Å²) in [6.07, 6.45) is 1.59. The second-order valence-electron chi connectivity index (χ2n) is 5.51. The second-order valence-corrected chi connectivity index (χ2v) is 5.51. The molecule has 1 saturated heterocycles. The van der Waals surface area contributed by atoms with Gasteiger partial charge in [0.1, 0.15) is 0 Å². The summed E-state index contributed by atoms with van der Waals surface area (Å²) in [5, 5.41) is 3.16. The smallest absolute Gasteiger partial charge is 0.224 e. The first kappa shape index (κ1) is 15.0. The van der Waals surface area contributed by atoms with E-state index in [-0.39, 0.29) is 11.8 Å². The summed E-state index contributed by atoms with van der Waals surface area (Å²) in [5.41, 5.74) is 0.563. The Morgan fingerprint density at radius 3 is 2.60 bits per heavy atom. The third-order valence-corrected chi connectivity index (χ3v) is 3.84. The third kappa shape index (κ3) is 3.58. The summed E-state index contributed by atoms with van der Waals surface area (Å²) in [4.78, 5) is 12.4. The Balaban J connectivity index is 2.10. The molecule has 0 aliphatic carbocycles. The van der Waals surface area contributed by atoms with Crippen LogP contribution < -0.4 is 5.32 Å². The van der Waals surface area contributed by atoms with Crippen molar-refractivity contribution in [3.8, 4) is 0 Å². The molecule has 1 aliphatic heterocycles. The van der Waals surface area contributed by atoms with Crippen LogP contribution in [0.5, 0.6) is 0 Å². The van der Waals surface area contributed by atoms with Gasteiger partial charge in [-0.25, -0.2) is 0 Å². The number of benzene rings is 1. The van der Waals surface area contributed by atoms with Crippen LogP contribution in [0.15, 0.2) is 30.3 Å². The maximum absolute atomic E-state index is 12.4. The lowest BCUT2D eigenvalue weighted by atomic mass is 9.90. The van der Waals surface area contributed by atoms with Gasteiger partial charge in [0.2, 0.25) is 5.91 Å². The van der Waals surface area contributed by atoms with Crippen molar-refractivity contribution >= 4 is 5.91 Å². The zero-order valence-electron chi connectivity index (χ0n) is 12.2. The van der Waals surface area contributed by atoms with E-state index in [1.165, 1.54) is 0 Å². The molecule has 4 nitrogen and oxygen atoms in total. The van der Waals surface area contributed by atoms with E-state index < -0.39 is 5.54 Å². The van der Waals surface area contributed by atoms with Crippen molar-refractivity contribution in [1.82, 2.24) is 5.32 Å². The van der Waals surface area contributed by atoms with Crippen LogP contribution in [-0.2, 0) is 19.8 Å². The lowest BCUT2D eigenvalue weighted by molar-refractivity contribution is -0.130. The summed E-state index contributed by atoms with van der Waals surface area (Å²) >= 11 is 0. The fraction of sp³-hybridized carbons (Fsp3) is 0.562. The molecular weight excluding hydrogens is 254 g/mol. The predicted molar refractivity (Wildman–Crippen MR) is 77.4 cm³/mol. The van der Waals surface area contributed by atoms with Gasteiger partial charge in [0, 0.05) is 26.2 Å². The van der Waals surface area contributed by atoms with Crippen LogP contribution in [0.2, 0.25) is 0 Å². The summed E-state index contributed by atoms with van der Waals surface area (Å²) in [7, 11) is 1.65. The van der Waals surface area contributed by atoms with Crippen molar-refractivity contribution < 1.29 is 14.3 Å². The molecule has 0 bridgehead atoms. The van der Waals surface area contributed by atoms with Gasteiger partial charge in [0.25, 0.3) is 0 Å². The molecule has 1 aromatic rings. The van der Waals surface area contributed by atoms with Crippen molar-refractivity contribution in [2.75, 3.05) is 26.9 Å². The van der Waals surface area contributed by atoms with Crippen LogP contribution in [0.25, 0.3) is 0 Å². The summed E-state index contributed by atoms with van der Waals surface area (Å²) in [6, 6.07) is 9.96. The number of hydrogen-bond acceptors (Lipinski definition) is 3. The van der Waals surface area contributed by atoms with Gasteiger partial charge >= 0.3 is 0 Å². The Morgan fingerprint density at radius 2 is 2.00 bits per heavy atom. The van der Waals surface area contributed by atoms with Crippen molar-refractivity contribution in [3.05, 3.63) is 35.9 Å². The average Bonchev–Trinajstić information content (AvgIpc) is 2.49. The van der Waals surface area contributed by atoms with Gasteiger partial charge in [0.15, 0.2) is 0 Å². The van der Waals surface area contributed by atoms with Crippen LogP contribution in [0.4, 0.5) is 0 Å². The molecule has 0 radical (unpaired) electrons. The highest BCUT2D eigenvalue weighted by atomic mass is 16.5. The molecule has 0 aromatic heterocycles. The number of amides is 1. The molecule has 1 aliphatic rings. The number of methoxy groups -OCH3 is 1. The van der Waals surface area contributed by atoms with E-state index in [9.17, 15) is 4.79 Å². The van der Waals surface area contributed by atoms with E-state index in [1.54, 1.807) is 7.11 Å². The Bertz CT molecular complexity index is 429. The van der Waals surface area contributed by atoms with Crippen LogP contribution in [-0.4, -0.2) is 32.8 Å². The fourth-order valence-corrected chi connectivity index (χ4v) is 2.62. The predicted octanol–water partition coefficient (Wildman–Crippen LogP) is 2.09. The van der Waals surface area contributed by atoms with Gasteiger partial charge in [-0.3, -0.25) is 4.79 Å². The first-order chi connectivity index (χ1) is 9.65. The molecule has 2 rings (SSSR count). The molecule has 20 heavy (non-hydrogen) atoms. The second kappa shape index (κ2) is 6.86. The SMILES string of the molecule is COCC(C)(NC(=O)C1CCOCC1)c1ccccc1. The lowest BCUT2D eigenvalue weighted by Crippen LogP contribution is -2.49. The van der Waals surface area contributed by atoms with Crippen LogP contribution >= 0.6 is 0 Å². The third-order valence-electron chi connectivity index (χ3n) is 3.84. The van der Waals surface area contributed by atoms with Crippen LogP contribution in [0.1, 0.15) is 25.3 Å². The van der Waals surface area contributed by atoms with Gasteiger partial charge in [-0.2, -0.15) is 0 Å². The van der Waals surface area contributed by atoms with Gasteiger partial charge < -0.3 is 14.8 Å². The molecule has 1 heterocycles. The molecule has 4 heteroatoms. The number of nitrogens with one attached hydrogen (secondary N) is 1. The quantitative estimate of drug-likeness (QED) is 0.896. The highest BCUT2D eigenvalue weighted by molar-refractivity contribution is 5.79. The molecule has 0 saturated carbocycles. The van der Waals surface area contributed by atoms with E-state index in [0.717, 1.165) is 18.4 Å². The Labute approximate surface area is 120 Å². The van der Waals surface area contributed by atoms with E-state index in [2.05, 4.69) is 5.32 Å².